The average Bonchev–Trinajstić information content (AvgIpc) is 3.20. The average molecular weight is 577 g/mol. The molecule has 2 heterocycles. The molecule has 3 rings (SSSR count). The molecule has 2 aliphatic heterocycles. The van der Waals surface area contributed by atoms with E-state index in [1.54, 1.807) is 13.0 Å². The number of ether oxygens (including phenoxy) is 6. The van der Waals surface area contributed by atoms with Gasteiger partial charge in [-0.25, -0.2) is 0 Å². The van der Waals surface area contributed by atoms with Crippen LogP contribution < -0.4 is 0 Å². The number of esters is 3. The summed E-state index contributed by atoms with van der Waals surface area (Å²) in [6.45, 7) is 8.80. The Morgan fingerprint density at radius 1 is 1.12 bits per heavy atom. The normalized spacial score (nSPS) is 28.3. The zero-order chi connectivity index (χ0) is 30.2. The van der Waals surface area contributed by atoms with E-state index >= 15 is 0 Å². The lowest BCUT2D eigenvalue weighted by molar-refractivity contribution is -0.193. The van der Waals surface area contributed by atoms with Crippen molar-refractivity contribution in [3.63, 3.8) is 0 Å². The molecule has 0 aromatic heterocycles. The van der Waals surface area contributed by atoms with Crippen LogP contribution in [0, 0.1) is 0 Å². The Hall–Kier alpha value is -3.12. The van der Waals surface area contributed by atoms with Gasteiger partial charge in [0.15, 0.2) is 18.0 Å². The second-order valence-electron chi connectivity index (χ2n) is 10.7. The second kappa shape index (κ2) is 14.7. The zero-order valence-electron chi connectivity index (χ0n) is 24.0. The van der Waals surface area contributed by atoms with Crippen LogP contribution in [0.15, 0.2) is 43.0 Å². The topological polar surface area (TPSA) is 144 Å². The minimum absolute atomic E-state index is 0.0434. The highest BCUT2D eigenvalue weighted by Gasteiger charge is 2.55. The van der Waals surface area contributed by atoms with Gasteiger partial charge in [-0.15, -0.1) is 6.58 Å². The minimum Gasteiger partial charge on any atom is -0.462 e. The molecule has 0 bridgehead atoms. The summed E-state index contributed by atoms with van der Waals surface area (Å²) in [5.41, 5.74) is -0.506. The number of ketones is 1. The Labute approximate surface area is 240 Å². The van der Waals surface area contributed by atoms with Crippen molar-refractivity contribution in [3.8, 4) is 0 Å². The van der Waals surface area contributed by atoms with Crippen LogP contribution in [0.25, 0.3) is 0 Å². The van der Waals surface area contributed by atoms with Crippen molar-refractivity contribution in [1.82, 2.24) is 0 Å². The summed E-state index contributed by atoms with van der Waals surface area (Å²) in [7, 11) is 0. The zero-order valence-corrected chi connectivity index (χ0v) is 24.0. The lowest BCUT2D eigenvalue weighted by Crippen LogP contribution is -2.53. The van der Waals surface area contributed by atoms with E-state index in [1.807, 2.05) is 30.3 Å². The highest BCUT2D eigenvalue weighted by molar-refractivity contribution is 5.85. The van der Waals surface area contributed by atoms with Crippen LogP contribution >= 0.6 is 0 Å². The van der Waals surface area contributed by atoms with E-state index in [1.165, 1.54) is 20.8 Å². The molecule has 2 saturated heterocycles. The van der Waals surface area contributed by atoms with Crippen LogP contribution in [0.3, 0.4) is 0 Å². The number of hydrogen-bond donors (Lipinski definition) is 1. The number of carbonyl (C=O) groups excluding carboxylic acids is 4. The largest absolute Gasteiger partial charge is 0.462 e. The van der Waals surface area contributed by atoms with Crippen molar-refractivity contribution in [1.29, 1.82) is 0 Å². The number of benzene rings is 1. The molecule has 11 heteroatoms. The van der Waals surface area contributed by atoms with Crippen LogP contribution in [0.5, 0.6) is 0 Å². The third-order valence-corrected chi connectivity index (χ3v) is 6.98. The van der Waals surface area contributed by atoms with Gasteiger partial charge in [0.2, 0.25) is 0 Å². The van der Waals surface area contributed by atoms with Crippen molar-refractivity contribution >= 4 is 23.7 Å². The summed E-state index contributed by atoms with van der Waals surface area (Å²) in [6, 6.07) is 9.27. The Kier molecular flexibility index (Phi) is 11.6. The quantitative estimate of drug-likeness (QED) is 0.210. The maximum absolute atomic E-state index is 13.0. The molecule has 11 nitrogen and oxygen atoms in total. The number of rotatable bonds is 13. The van der Waals surface area contributed by atoms with Gasteiger partial charge < -0.3 is 33.5 Å². The van der Waals surface area contributed by atoms with Crippen molar-refractivity contribution in [2.75, 3.05) is 6.61 Å². The van der Waals surface area contributed by atoms with E-state index < -0.39 is 60.1 Å². The minimum atomic E-state index is -1.36. The first-order valence-corrected chi connectivity index (χ1v) is 13.7. The van der Waals surface area contributed by atoms with E-state index in [2.05, 4.69) is 6.58 Å². The third kappa shape index (κ3) is 9.19. The highest BCUT2D eigenvalue weighted by atomic mass is 16.6. The molecule has 0 aliphatic carbocycles. The van der Waals surface area contributed by atoms with Gasteiger partial charge in [-0.3, -0.25) is 19.2 Å². The van der Waals surface area contributed by atoms with Gasteiger partial charge in [-0.1, -0.05) is 36.4 Å². The van der Waals surface area contributed by atoms with E-state index in [9.17, 15) is 24.3 Å². The molecular weight excluding hydrogens is 536 g/mol. The first kappa shape index (κ1) is 32.4. The van der Waals surface area contributed by atoms with Gasteiger partial charge >= 0.3 is 17.9 Å². The van der Waals surface area contributed by atoms with E-state index in [-0.39, 0.29) is 37.9 Å². The Bertz CT molecular complexity index is 1070. The SMILES string of the molecule is C=CC[C@@H]1CCC(=O)[C@@H]([C@@H](OC(C)=O)[C@@H]2OC(CC(C)(COC(C)=O)OC(C)=O)[C@H](OCc3ccccc3)[C@@H]2O)O1. The van der Waals surface area contributed by atoms with Crippen molar-refractivity contribution in [2.24, 2.45) is 0 Å². The summed E-state index contributed by atoms with van der Waals surface area (Å²) in [5.74, 6) is -2.14. The summed E-state index contributed by atoms with van der Waals surface area (Å²) < 4.78 is 34.7. The second-order valence-corrected chi connectivity index (χ2v) is 10.7. The van der Waals surface area contributed by atoms with E-state index in [0.717, 1.165) is 5.56 Å². The van der Waals surface area contributed by atoms with Gasteiger partial charge in [-0.2, -0.15) is 0 Å². The van der Waals surface area contributed by atoms with Crippen LogP contribution in [0.4, 0.5) is 0 Å². The predicted octanol–water partition coefficient (Wildman–Crippen LogP) is 2.60. The fourth-order valence-electron chi connectivity index (χ4n) is 5.24. The number of aliphatic hydroxyl groups excluding tert-OH is 1. The number of carbonyl (C=O) groups is 4. The molecule has 0 amide bonds. The summed E-state index contributed by atoms with van der Waals surface area (Å²) >= 11 is 0. The molecule has 2 unspecified atom stereocenters. The van der Waals surface area contributed by atoms with Gasteiger partial charge in [0.1, 0.15) is 30.5 Å². The lowest BCUT2D eigenvalue weighted by Gasteiger charge is -2.36. The highest BCUT2D eigenvalue weighted by Crippen LogP contribution is 2.37. The fourth-order valence-corrected chi connectivity index (χ4v) is 5.24. The van der Waals surface area contributed by atoms with E-state index in [0.29, 0.717) is 12.8 Å². The predicted molar refractivity (Wildman–Crippen MR) is 144 cm³/mol. The summed E-state index contributed by atoms with van der Waals surface area (Å²) in [5, 5.41) is 11.5. The van der Waals surface area contributed by atoms with E-state index in [4.69, 9.17) is 28.4 Å². The maximum atomic E-state index is 13.0. The first-order valence-electron chi connectivity index (χ1n) is 13.7. The smallest absolute Gasteiger partial charge is 0.303 e. The van der Waals surface area contributed by atoms with Crippen LogP contribution in [-0.2, 0) is 54.2 Å². The van der Waals surface area contributed by atoms with Gasteiger partial charge in [-0.05, 0) is 25.3 Å². The standard InChI is InChI=1S/C30H40O11/c1-6-10-22-13-14-23(34)26(39-22)29(38-19(3)32)28-25(35)27(36-16-21-11-8-7-9-12-21)24(40-28)15-30(5,41-20(4)33)17-37-18(2)31/h6-9,11-12,22,24-29,35H,1,10,13-17H2,2-5H3/t22-,24?,25+,26+,27+,28-,29-,30?/m1/s1. The molecule has 41 heavy (non-hydrogen) atoms. The molecule has 1 N–H and O–H groups in total. The molecule has 0 radical (unpaired) electrons. The Morgan fingerprint density at radius 2 is 1.83 bits per heavy atom. The van der Waals surface area contributed by atoms with Crippen LogP contribution in [0.2, 0.25) is 0 Å². The van der Waals surface area contributed by atoms with Crippen molar-refractivity contribution in [3.05, 3.63) is 48.6 Å². The van der Waals surface area contributed by atoms with Crippen molar-refractivity contribution < 1.29 is 52.7 Å². The van der Waals surface area contributed by atoms with Gasteiger partial charge in [0.05, 0.1) is 18.8 Å². The van der Waals surface area contributed by atoms with Crippen LogP contribution in [-0.4, -0.2) is 83.7 Å². The molecule has 0 spiro atoms. The molecule has 2 aliphatic rings. The Morgan fingerprint density at radius 3 is 2.44 bits per heavy atom. The summed E-state index contributed by atoms with van der Waals surface area (Å²) in [4.78, 5) is 48.7. The molecule has 8 atom stereocenters. The number of Topliss-reactive ketones (excluding diaryl/α,β-unsaturated/α-hetero) is 1. The van der Waals surface area contributed by atoms with Crippen molar-refractivity contribution in [2.45, 2.75) is 108 Å². The summed E-state index contributed by atoms with van der Waals surface area (Å²) in [6.07, 6.45) is -4.42. The molecule has 226 valence electrons. The van der Waals surface area contributed by atoms with Crippen LogP contribution in [0.1, 0.15) is 58.9 Å². The molecular formula is C30H40O11. The monoisotopic (exact) mass is 576 g/mol. The van der Waals surface area contributed by atoms with Gasteiger partial charge in [0.25, 0.3) is 0 Å². The third-order valence-electron chi connectivity index (χ3n) is 6.98. The molecule has 2 fully saturated rings. The molecule has 1 aromatic rings. The Balaban J connectivity index is 1.93. The molecule has 0 saturated carbocycles. The number of hydrogen-bond acceptors (Lipinski definition) is 11. The lowest BCUT2D eigenvalue weighted by atomic mass is 9.91. The fraction of sp³-hybridized carbons (Fsp3) is 0.600. The van der Waals surface area contributed by atoms with Gasteiger partial charge in [0, 0.05) is 33.6 Å². The maximum Gasteiger partial charge on any atom is 0.303 e. The molecule has 1 aromatic carbocycles. The number of aliphatic hydroxyl groups is 1. The first-order chi connectivity index (χ1) is 19.4.